The third-order valence-electron chi connectivity index (χ3n) is 0. The molecular weight excluding hydrogens is 169 g/mol. The van der Waals surface area contributed by atoms with E-state index in [0.29, 0.717) is 0 Å². The van der Waals surface area contributed by atoms with E-state index in [4.69, 9.17) is 19.2 Å². The summed E-state index contributed by atoms with van der Waals surface area (Å²) in [4.78, 5) is 25.6. The molecule has 0 aromatic heterocycles. The van der Waals surface area contributed by atoms with Crippen LogP contribution in [0.25, 0.3) is 0 Å². The molecule has 7 heavy (non-hydrogen) atoms. The molecule has 0 fully saturated rings. The molecule has 7 heteroatoms. The Bertz CT molecular complexity index is 57.8. The van der Waals surface area contributed by atoms with Gasteiger partial charge in [-0.3, -0.25) is 0 Å². The zero-order valence-corrected chi connectivity index (χ0v) is 7.82. The van der Waals surface area contributed by atoms with Crippen molar-refractivity contribution < 1.29 is 37.8 Å². The molecular formula is NaO4PV-3. The Balaban J connectivity index is -0.0000000800. The maximum atomic E-state index is 8.55. The molecule has 2 radical (unpaired) electrons. The molecule has 0 spiro atoms. The van der Waals surface area contributed by atoms with Crippen molar-refractivity contribution in [1.82, 2.24) is 0 Å². The first-order chi connectivity index (χ1) is 2.00. The molecule has 0 atom stereocenters. The second kappa shape index (κ2) is 5.82. The second-order valence-corrected chi connectivity index (χ2v) is 1.34. The Hall–Kier alpha value is 1.69. The van der Waals surface area contributed by atoms with Gasteiger partial charge in [0.2, 0.25) is 0 Å². The molecule has 38 valence electrons. The molecule has 0 saturated carbocycles. The zero-order valence-electron chi connectivity index (χ0n) is 3.53. The predicted octanol–water partition coefficient (Wildman–Crippen LogP) is -3.21. The Morgan fingerprint density at radius 2 is 1.14 bits per heavy atom. The van der Waals surface area contributed by atoms with Gasteiger partial charge in [0.1, 0.15) is 0 Å². The Kier molecular flexibility index (Phi) is 13.2. The summed E-state index contributed by atoms with van der Waals surface area (Å²) in [5.74, 6) is 0. The summed E-state index contributed by atoms with van der Waals surface area (Å²) in [5.41, 5.74) is 0. The van der Waals surface area contributed by atoms with Crippen LogP contribution < -0.4 is 14.7 Å². The first-order valence-electron chi connectivity index (χ1n) is 0.730. The molecule has 0 saturated heterocycles. The van der Waals surface area contributed by atoms with Crippen LogP contribution >= 0.6 is 7.82 Å². The second-order valence-electron chi connectivity index (χ2n) is 0.447. The van der Waals surface area contributed by atoms with Crippen LogP contribution in [0.15, 0.2) is 0 Å². The van der Waals surface area contributed by atoms with E-state index in [1.54, 1.807) is 0 Å². The van der Waals surface area contributed by atoms with E-state index >= 15 is 0 Å². The number of rotatable bonds is 0. The SMILES string of the molecule is O=P([O-])([O-])[O-].[Na].[V]. The van der Waals surface area contributed by atoms with Crippen LogP contribution in [0.3, 0.4) is 0 Å². The van der Waals surface area contributed by atoms with Gasteiger partial charge in [-0.25, -0.2) is 0 Å². The molecule has 0 N–H and O–H groups in total. The van der Waals surface area contributed by atoms with Gasteiger partial charge in [-0.05, 0) is 0 Å². The minimum absolute atomic E-state index is 0. The first-order valence-corrected chi connectivity index (χ1v) is 2.19. The molecule has 0 aliphatic rings. The minimum Gasteiger partial charge on any atom is -0.822 e. The maximum absolute atomic E-state index is 8.55. The fourth-order valence-electron chi connectivity index (χ4n) is 0. The van der Waals surface area contributed by atoms with Gasteiger partial charge in [-0.2, -0.15) is 7.82 Å². The maximum Gasteiger partial charge on any atom is 0 e. The molecule has 0 rings (SSSR count). The fraction of sp³-hybridized carbons (Fsp3) is 0. The third-order valence-corrected chi connectivity index (χ3v) is 0. The molecule has 0 amide bonds. The average Bonchev–Trinajstić information content (AvgIpc) is 0.722. The van der Waals surface area contributed by atoms with Crippen LogP contribution in [0.1, 0.15) is 0 Å². The van der Waals surface area contributed by atoms with E-state index in [2.05, 4.69) is 0 Å². The van der Waals surface area contributed by atoms with E-state index in [9.17, 15) is 0 Å². The summed E-state index contributed by atoms with van der Waals surface area (Å²) in [6.07, 6.45) is 0. The van der Waals surface area contributed by atoms with E-state index in [-0.39, 0.29) is 48.1 Å². The number of phosphoric acid groups is 1. The van der Waals surface area contributed by atoms with Crippen LogP contribution in [-0.2, 0) is 23.1 Å². The largest absolute Gasteiger partial charge is 0.822 e. The Labute approximate surface area is 74.7 Å². The zero-order chi connectivity index (χ0) is 4.50. The van der Waals surface area contributed by atoms with Gasteiger partial charge in [0.25, 0.3) is 0 Å². The normalized spacial score (nSPS) is 8.43. The van der Waals surface area contributed by atoms with E-state index in [1.807, 2.05) is 0 Å². The van der Waals surface area contributed by atoms with Crippen LogP contribution in [0.5, 0.6) is 0 Å². The van der Waals surface area contributed by atoms with Gasteiger partial charge in [0, 0.05) is 48.1 Å². The van der Waals surface area contributed by atoms with Crippen molar-refractivity contribution >= 4 is 37.4 Å². The van der Waals surface area contributed by atoms with Gasteiger partial charge in [-0.1, -0.05) is 0 Å². The molecule has 0 heterocycles. The molecule has 0 aliphatic carbocycles. The first kappa shape index (κ1) is 15.9. The van der Waals surface area contributed by atoms with Crippen molar-refractivity contribution in [1.29, 1.82) is 0 Å². The number of hydrogen-bond acceptors (Lipinski definition) is 4. The van der Waals surface area contributed by atoms with Crippen molar-refractivity contribution in [2.24, 2.45) is 0 Å². The summed E-state index contributed by atoms with van der Waals surface area (Å²) in [6.45, 7) is 0. The molecule has 4 nitrogen and oxygen atoms in total. The van der Waals surface area contributed by atoms with E-state index < -0.39 is 7.82 Å². The van der Waals surface area contributed by atoms with Gasteiger partial charge in [0.15, 0.2) is 0 Å². The average molecular weight is 169 g/mol. The smallest absolute Gasteiger partial charge is 0 e. The number of hydrogen-bond donors (Lipinski definition) is 0. The molecule has 0 aromatic carbocycles. The summed E-state index contributed by atoms with van der Waals surface area (Å²) in [7, 11) is -5.39. The summed E-state index contributed by atoms with van der Waals surface area (Å²) >= 11 is 0. The standard InChI is InChI=1S/Na.H3O4P.V/c;1-5(2,3)4;/h;(H3,1,2,3,4);/p-3. The van der Waals surface area contributed by atoms with Crippen LogP contribution in [-0.4, -0.2) is 29.6 Å². The molecule has 0 unspecified atom stereocenters. The quantitative estimate of drug-likeness (QED) is 0.282. The van der Waals surface area contributed by atoms with Crippen molar-refractivity contribution in [3.8, 4) is 0 Å². The van der Waals surface area contributed by atoms with E-state index in [1.165, 1.54) is 0 Å². The van der Waals surface area contributed by atoms with E-state index in [0.717, 1.165) is 0 Å². The van der Waals surface area contributed by atoms with Crippen molar-refractivity contribution in [2.45, 2.75) is 0 Å². The van der Waals surface area contributed by atoms with Gasteiger partial charge in [0.05, 0.1) is 0 Å². The van der Waals surface area contributed by atoms with Crippen molar-refractivity contribution in [3.05, 3.63) is 0 Å². The molecule has 0 aliphatic heterocycles. The van der Waals surface area contributed by atoms with Crippen LogP contribution in [0, 0.1) is 0 Å². The fourth-order valence-corrected chi connectivity index (χ4v) is 0. The monoisotopic (exact) mass is 169 g/mol. The van der Waals surface area contributed by atoms with Crippen LogP contribution in [0.4, 0.5) is 0 Å². The summed E-state index contributed by atoms with van der Waals surface area (Å²) < 4.78 is 8.55. The minimum atomic E-state index is -5.39. The predicted molar refractivity (Wildman–Crippen MR) is 13.4 cm³/mol. The van der Waals surface area contributed by atoms with Gasteiger partial charge in [-0.15, -0.1) is 0 Å². The van der Waals surface area contributed by atoms with Crippen molar-refractivity contribution in [2.75, 3.05) is 0 Å². The van der Waals surface area contributed by atoms with Crippen molar-refractivity contribution in [3.63, 3.8) is 0 Å². The Morgan fingerprint density at radius 1 is 1.14 bits per heavy atom. The van der Waals surface area contributed by atoms with Gasteiger partial charge < -0.3 is 19.2 Å². The van der Waals surface area contributed by atoms with Crippen LogP contribution in [0.2, 0.25) is 0 Å². The summed E-state index contributed by atoms with van der Waals surface area (Å²) in [6, 6.07) is 0. The summed E-state index contributed by atoms with van der Waals surface area (Å²) in [5, 5.41) is 0. The topological polar surface area (TPSA) is 86.2 Å². The third kappa shape index (κ3) is 86.9. The molecule has 0 bridgehead atoms. The van der Waals surface area contributed by atoms with Gasteiger partial charge >= 0.3 is 0 Å². The molecule has 0 aromatic rings. The Morgan fingerprint density at radius 3 is 1.14 bits per heavy atom.